The minimum absolute atomic E-state index is 0.0932. The summed E-state index contributed by atoms with van der Waals surface area (Å²) >= 11 is 0. The van der Waals surface area contributed by atoms with Gasteiger partial charge in [0, 0.05) is 32.7 Å². The van der Waals surface area contributed by atoms with Crippen molar-refractivity contribution in [1.29, 1.82) is 0 Å². The third-order valence-electron chi connectivity index (χ3n) is 4.70. The van der Waals surface area contributed by atoms with Crippen molar-refractivity contribution < 1.29 is 9.53 Å². The minimum Gasteiger partial charge on any atom is -0.497 e. The van der Waals surface area contributed by atoms with E-state index in [1.54, 1.807) is 7.11 Å². The highest BCUT2D eigenvalue weighted by molar-refractivity contribution is 5.85. The Morgan fingerprint density at radius 3 is 2.54 bits per heavy atom. The van der Waals surface area contributed by atoms with Gasteiger partial charge in [-0.25, -0.2) is 0 Å². The lowest BCUT2D eigenvalue weighted by molar-refractivity contribution is -0.136. The summed E-state index contributed by atoms with van der Waals surface area (Å²) in [7, 11) is 1.68. The summed E-state index contributed by atoms with van der Waals surface area (Å²) in [5, 5.41) is 0. The van der Waals surface area contributed by atoms with Crippen molar-refractivity contribution in [3.63, 3.8) is 0 Å². The van der Waals surface area contributed by atoms with Crippen molar-refractivity contribution in [3.05, 3.63) is 29.8 Å². The maximum absolute atomic E-state index is 12.7. The summed E-state index contributed by atoms with van der Waals surface area (Å²) in [6.07, 6.45) is 2.65. The molecule has 1 aliphatic rings. The van der Waals surface area contributed by atoms with Crippen LogP contribution in [0, 0.1) is 0 Å². The first-order chi connectivity index (χ1) is 11.5. The summed E-state index contributed by atoms with van der Waals surface area (Å²) in [5.74, 6) is 0.972. The van der Waals surface area contributed by atoms with Gasteiger partial charge in [-0.2, -0.15) is 0 Å². The molecule has 0 spiro atoms. The van der Waals surface area contributed by atoms with Crippen LogP contribution < -0.4 is 10.5 Å². The quantitative estimate of drug-likeness (QED) is 0.867. The number of carbonyl (C=O) groups excluding carboxylic acids is 1. The van der Waals surface area contributed by atoms with Crippen LogP contribution in [0.4, 0.5) is 0 Å². The first-order valence-corrected chi connectivity index (χ1v) is 8.90. The Hall–Kier alpha value is -1.59. The van der Waals surface area contributed by atoms with Crippen LogP contribution in [-0.2, 0) is 11.3 Å². The molecule has 0 saturated carbocycles. The zero-order valence-corrected chi connectivity index (χ0v) is 15.3. The SMILES string of the molecule is CCCC(C)(N)C(=O)N1CCCN(Cc2ccc(OC)cc2)CC1. The Bertz CT molecular complexity index is 528. The van der Waals surface area contributed by atoms with Gasteiger partial charge in [0.2, 0.25) is 5.91 Å². The summed E-state index contributed by atoms with van der Waals surface area (Å²) in [6, 6.07) is 8.19. The van der Waals surface area contributed by atoms with Crippen LogP contribution in [0.3, 0.4) is 0 Å². The maximum atomic E-state index is 12.7. The summed E-state index contributed by atoms with van der Waals surface area (Å²) in [6.45, 7) is 8.28. The fourth-order valence-corrected chi connectivity index (χ4v) is 3.31. The van der Waals surface area contributed by atoms with Crippen LogP contribution in [0.15, 0.2) is 24.3 Å². The second-order valence-corrected chi connectivity index (χ2v) is 6.94. The normalized spacial score (nSPS) is 18.8. The molecule has 1 unspecified atom stereocenters. The molecule has 2 N–H and O–H groups in total. The molecule has 0 aromatic heterocycles. The van der Waals surface area contributed by atoms with Gasteiger partial charge in [0.05, 0.1) is 12.6 Å². The standard InChI is InChI=1S/C19H31N3O2/c1-4-10-19(2,20)18(23)22-12-5-11-21(13-14-22)15-16-6-8-17(24-3)9-7-16/h6-9H,4-5,10-15,20H2,1-3H3. The number of methoxy groups -OCH3 is 1. The predicted molar refractivity (Wildman–Crippen MR) is 97.0 cm³/mol. The van der Waals surface area contributed by atoms with Gasteiger partial charge in [-0.3, -0.25) is 9.69 Å². The van der Waals surface area contributed by atoms with Gasteiger partial charge < -0.3 is 15.4 Å². The number of hydrogen-bond acceptors (Lipinski definition) is 4. The molecule has 0 bridgehead atoms. The van der Waals surface area contributed by atoms with Crippen molar-refractivity contribution in [2.45, 2.75) is 45.2 Å². The predicted octanol–water partition coefficient (Wildman–Crippen LogP) is 2.25. The van der Waals surface area contributed by atoms with Crippen molar-refractivity contribution in [2.24, 2.45) is 5.73 Å². The lowest BCUT2D eigenvalue weighted by Gasteiger charge is -2.31. The molecule has 1 heterocycles. The average molecular weight is 333 g/mol. The monoisotopic (exact) mass is 333 g/mol. The average Bonchev–Trinajstić information content (AvgIpc) is 2.80. The second-order valence-electron chi connectivity index (χ2n) is 6.94. The Morgan fingerprint density at radius 1 is 1.21 bits per heavy atom. The van der Waals surface area contributed by atoms with E-state index in [9.17, 15) is 4.79 Å². The molecule has 0 aliphatic carbocycles. The molecule has 5 heteroatoms. The van der Waals surface area contributed by atoms with Crippen LogP contribution in [0.25, 0.3) is 0 Å². The molecule has 1 amide bonds. The highest BCUT2D eigenvalue weighted by Crippen LogP contribution is 2.17. The van der Waals surface area contributed by atoms with E-state index in [0.717, 1.165) is 57.7 Å². The molecular formula is C19H31N3O2. The van der Waals surface area contributed by atoms with E-state index in [0.29, 0.717) is 0 Å². The Labute approximate surface area is 145 Å². The van der Waals surface area contributed by atoms with Gasteiger partial charge >= 0.3 is 0 Å². The van der Waals surface area contributed by atoms with E-state index in [1.165, 1.54) is 5.56 Å². The van der Waals surface area contributed by atoms with Crippen molar-refractivity contribution in [3.8, 4) is 5.75 Å². The van der Waals surface area contributed by atoms with Crippen molar-refractivity contribution >= 4 is 5.91 Å². The van der Waals surface area contributed by atoms with Crippen molar-refractivity contribution in [2.75, 3.05) is 33.3 Å². The van der Waals surface area contributed by atoms with E-state index in [-0.39, 0.29) is 5.91 Å². The molecule has 1 atom stereocenters. The molecule has 1 saturated heterocycles. The number of ether oxygens (including phenoxy) is 1. The molecule has 1 aromatic carbocycles. The fraction of sp³-hybridized carbons (Fsp3) is 0.632. The third kappa shape index (κ3) is 4.95. The molecule has 24 heavy (non-hydrogen) atoms. The number of carbonyl (C=O) groups is 1. The number of nitrogens with zero attached hydrogens (tertiary/aromatic N) is 2. The van der Waals surface area contributed by atoms with Gasteiger partial charge in [-0.15, -0.1) is 0 Å². The third-order valence-corrected chi connectivity index (χ3v) is 4.70. The molecule has 2 rings (SSSR count). The highest BCUT2D eigenvalue weighted by Gasteiger charge is 2.32. The van der Waals surface area contributed by atoms with Gasteiger partial charge in [-0.05, 0) is 37.5 Å². The largest absolute Gasteiger partial charge is 0.497 e. The molecular weight excluding hydrogens is 302 g/mol. The van der Waals surface area contributed by atoms with E-state index in [4.69, 9.17) is 10.5 Å². The molecule has 1 aliphatic heterocycles. The molecule has 1 fully saturated rings. The van der Waals surface area contributed by atoms with E-state index >= 15 is 0 Å². The van der Waals surface area contributed by atoms with Gasteiger partial charge in [0.1, 0.15) is 5.75 Å². The lowest BCUT2D eigenvalue weighted by Crippen LogP contribution is -2.53. The van der Waals surface area contributed by atoms with Crippen LogP contribution in [0.1, 0.15) is 38.7 Å². The van der Waals surface area contributed by atoms with Crippen LogP contribution in [-0.4, -0.2) is 54.5 Å². The molecule has 1 aromatic rings. The summed E-state index contributed by atoms with van der Waals surface area (Å²) < 4.78 is 5.20. The number of nitrogens with two attached hydrogens (primary N) is 1. The summed E-state index contributed by atoms with van der Waals surface area (Å²) in [5.41, 5.74) is 6.75. The fourth-order valence-electron chi connectivity index (χ4n) is 3.31. The first-order valence-electron chi connectivity index (χ1n) is 8.90. The number of rotatable bonds is 6. The van der Waals surface area contributed by atoms with Crippen molar-refractivity contribution in [1.82, 2.24) is 9.80 Å². The van der Waals surface area contributed by atoms with Crippen LogP contribution in [0.2, 0.25) is 0 Å². The zero-order valence-electron chi connectivity index (χ0n) is 15.3. The van der Waals surface area contributed by atoms with Gasteiger partial charge in [-0.1, -0.05) is 25.5 Å². The Morgan fingerprint density at radius 2 is 1.92 bits per heavy atom. The van der Waals surface area contributed by atoms with E-state index in [2.05, 4.69) is 24.0 Å². The van der Waals surface area contributed by atoms with E-state index < -0.39 is 5.54 Å². The Kier molecular flexibility index (Phi) is 6.63. The Balaban J connectivity index is 1.91. The molecule has 5 nitrogen and oxygen atoms in total. The number of amides is 1. The van der Waals surface area contributed by atoms with Gasteiger partial charge in [0.25, 0.3) is 0 Å². The zero-order chi connectivity index (χ0) is 17.6. The van der Waals surface area contributed by atoms with Crippen LogP contribution in [0.5, 0.6) is 5.75 Å². The molecule has 0 radical (unpaired) electrons. The highest BCUT2D eigenvalue weighted by atomic mass is 16.5. The topological polar surface area (TPSA) is 58.8 Å². The molecule has 134 valence electrons. The first kappa shape index (κ1) is 18.7. The lowest BCUT2D eigenvalue weighted by atomic mass is 9.95. The smallest absolute Gasteiger partial charge is 0.242 e. The maximum Gasteiger partial charge on any atom is 0.242 e. The minimum atomic E-state index is -0.736. The number of benzene rings is 1. The van der Waals surface area contributed by atoms with Crippen LogP contribution >= 0.6 is 0 Å². The number of hydrogen-bond donors (Lipinski definition) is 1. The van der Waals surface area contributed by atoms with Gasteiger partial charge in [0.15, 0.2) is 0 Å². The van der Waals surface area contributed by atoms with E-state index in [1.807, 2.05) is 24.0 Å². The summed E-state index contributed by atoms with van der Waals surface area (Å²) in [4.78, 5) is 17.0. The second kappa shape index (κ2) is 8.49.